The summed E-state index contributed by atoms with van der Waals surface area (Å²) in [4.78, 5) is 31.3. The number of hydrogen-bond donors (Lipinski definition) is 1. The predicted molar refractivity (Wildman–Crippen MR) is 95.6 cm³/mol. The molecule has 0 fully saturated rings. The lowest BCUT2D eigenvalue weighted by Gasteiger charge is -2.14. The highest BCUT2D eigenvalue weighted by Gasteiger charge is 2.25. The zero-order valence-electron chi connectivity index (χ0n) is 13.4. The molecule has 2 N–H and O–H groups in total. The van der Waals surface area contributed by atoms with Gasteiger partial charge in [0.05, 0.1) is 4.70 Å². The summed E-state index contributed by atoms with van der Waals surface area (Å²) in [5.41, 5.74) is 5.63. The first-order valence-electron chi connectivity index (χ1n) is 7.18. The highest BCUT2D eigenvalue weighted by molar-refractivity contribution is 7.29. The fourth-order valence-corrected chi connectivity index (χ4v) is 4.13. The number of hydrogen-bond acceptors (Lipinski definition) is 7. The highest BCUT2D eigenvalue weighted by atomic mass is 32.1. The van der Waals surface area contributed by atoms with Crippen LogP contribution in [0.25, 0.3) is 9.53 Å². The van der Waals surface area contributed by atoms with Gasteiger partial charge in [0, 0.05) is 19.7 Å². The van der Waals surface area contributed by atoms with E-state index < -0.39 is 23.8 Å². The number of thiazole rings is 1. The minimum Gasteiger partial charge on any atom is -0.443 e. The van der Waals surface area contributed by atoms with Gasteiger partial charge in [-0.2, -0.15) is 0 Å². The number of rotatable bonds is 5. The van der Waals surface area contributed by atoms with Gasteiger partial charge in [0.25, 0.3) is 5.91 Å². The Hall–Kier alpha value is -2.52. The quantitative estimate of drug-likeness (QED) is 0.689. The van der Waals surface area contributed by atoms with Crippen LogP contribution in [0.3, 0.4) is 0 Å². The van der Waals surface area contributed by atoms with Crippen LogP contribution < -0.4 is 10.6 Å². The van der Waals surface area contributed by atoms with Gasteiger partial charge in [-0.25, -0.2) is 14.2 Å². The summed E-state index contributed by atoms with van der Waals surface area (Å²) < 4.78 is 19.1. The van der Waals surface area contributed by atoms with Gasteiger partial charge in [0.15, 0.2) is 5.13 Å². The van der Waals surface area contributed by atoms with Gasteiger partial charge in [-0.1, -0.05) is 23.5 Å². The number of thiophene rings is 1. The Balaban J connectivity index is 1.82. The molecule has 25 heavy (non-hydrogen) atoms. The number of fused-ring (bicyclic) bond motifs is 1. The van der Waals surface area contributed by atoms with Gasteiger partial charge in [-0.3, -0.25) is 4.79 Å². The van der Waals surface area contributed by atoms with Crippen LogP contribution in [0.15, 0.2) is 30.3 Å². The molecule has 0 aliphatic carbocycles. The zero-order chi connectivity index (χ0) is 18.1. The second kappa shape index (κ2) is 6.77. The van der Waals surface area contributed by atoms with Crippen molar-refractivity contribution in [3.63, 3.8) is 0 Å². The third-order valence-electron chi connectivity index (χ3n) is 3.32. The molecule has 6 nitrogen and oxygen atoms in total. The van der Waals surface area contributed by atoms with Crippen LogP contribution in [0, 0.1) is 5.82 Å². The van der Waals surface area contributed by atoms with Gasteiger partial charge >= 0.3 is 5.97 Å². The van der Waals surface area contributed by atoms with Crippen molar-refractivity contribution < 1.29 is 18.7 Å². The Morgan fingerprint density at radius 2 is 1.92 bits per heavy atom. The number of esters is 1. The molecule has 9 heteroatoms. The number of amides is 1. The molecule has 3 rings (SSSR count). The number of primary amides is 1. The number of nitrogens with two attached hydrogens (primary N) is 1. The monoisotopic (exact) mass is 379 g/mol. The maximum absolute atomic E-state index is 13.0. The van der Waals surface area contributed by atoms with Crippen molar-refractivity contribution in [1.82, 2.24) is 4.98 Å². The number of ether oxygens (including phenoxy) is 1. The molecular formula is C16H14FN3O3S2. The molecule has 2 aromatic heterocycles. The molecule has 1 unspecified atom stereocenters. The van der Waals surface area contributed by atoms with Crippen molar-refractivity contribution >= 4 is 49.2 Å². The Bertz CT molecular complexity index is 902. The lowest BCUT2D eigenvalue weighted by molar-refractivity contribution is -0.127. The average Bonchev–Trinajstić information content (AvgIpc) is 3.12. The summed E-state index contributed by atoms with van der Waals surface area (Å²) in [6, 6.07) is 6.74. The average molecular weight is 379 g/mol. The topological polar surface area (TPSA) is 85.5 Å². The van der Waals surface area contributed by atoms with E-state index in [0.717, 1.165) is 14.7 Å². The molecule has 1 aromatic carbocycles. The lowest BCUT2D eigenvalue weighted by Crippen LogP contribution is -2.26. The summed E-state index contributed by atoms with van der Waals surface area (Å²) in [6.45, 7) is 0. The molecule has 2 heterocycles. The van der Waals surface area contributed by atoms with Gasteiger partial charge in [-0.15, -0.1) is 11.3 Å². The molecule has 130 valence electrons. The summed E-state index contributed by atoms with van der Waals surface area (Å²) in [7, 11) is 3.77. The highest BCUT2D eigenvalue weighted by Crippen LogP contribution is 2.34. The minimum atomic E-state index is -1.28. The van der Waals surface area contributed by atoms with Crippen molar-refractivity contribution in [3.05, 3.63) is 46.6 Å². The van der Waals surface area contributed by atoms with Crippen LogP contribution in [0.4, 0.5) is 9.52 Å². The van der Waals surface area contributed by atoms with E-state index in [2.05, 4.69) is 4.98 Å². The van der Waals surface area contributed by atoms with E-state index in [1.807, 2.05) is 19.0 Å². The van der Waals surface area contributed by atoms with E-state index in [4.69, 9.17) is 10.5 Å². The minimum absolute atomic E-state index is 0.314. The first kappa shape index (κ1) is 17.3. The molecule has 3 aromatic rings. The Morgan fingerprint density at radius 1 is 1.24 bits per heavy atom. The van der Waals surface area contributed by atoms with Crippen molar-refractivity contribution in [2.75, 3.05) is 19.0 Å². The molecule has 0 saturated carbocycles. The van der Waals surface area contributed by atoms with Crippen LogP contribution in [0.2, 0.25) is 0 Å². The fourth-order valence-electron chi connectivity index (χ4n) is 2.11. The van der Waals surface area contributed by atoms with Crippen LogP contribution in [-0.4, -0.2) is 31.0 Å². The lowest BCUT2D eigenvalue weighted by atomic mass is 10.1. The van der Waals surface area contributed by atoms with Crippen molar-refractivity contribution in [1.29, 1.82) is 0 Å². The number of anilines is 1. The summed E-state index contributed by atoms with van der Waals surface area (Å²) in [6.07, 6.45) is -1.28. The van der Waals surface area contributed by atoms with Crippen LogP contribution in [0.5, 0.6) is 0 Å². The smallest absolute Gasteiger partial charge is 0.349 e. The fraction of sp³-hybridized carbons (Fsp3) is 0.188. The van der Waals surface area contributed by atoms with Crippen molar-refractivity contribution in [3.8, 4) is 0 Å². The third kappa shape index (κ3) is 3.62. The molecular weight excluding hydrogens is 365 g/mol. The van der Waals surface area contributed by atoms with E-state index in [0.29, 0.717) is 10.4 Å². The third-order valence-corrected chi connectivity index (χ3v) is 5.63. The van der Waals surface area contributed by atoms with Gasteiger partial charge in [-0.05, 0) is 18.2 Å². The number of carbonyl (C=O) groups excluding carboxylic acids is 2. The van der Waals surface area contributed by atoms with E-state index in [1.165, 1.54) is 46.9 Å². The van der Waals surface area contributed by atoms with E-state index in [9.17, 15) is 14.0 Å². The molecule has 0 radical (unpaired) electrons. The Morgan fingerprint density at radius 3 is 2.48 bits per heavy atom. The summed E-state index contributed by atoms with van der Waals surface area (Å²) in [5, 5.41) is 0.836. The molecule has 1 amide bonds. The normalized spacial score (nSPS) is 12.1. The SMILES string of the molecule is CN(C)c1nc2sc(C(=O)OC(C(N)=O)c3ccc(F)cc3)cc2s1. The number of nitrogens with zero attached hydrogens (tertiary/aromatic N) is 2. The summed E-state index contributed by atoms with van der Waals surface area (Å²) in [5.74, 6) is -1.96. The number of benzene rings is 1. The number of halogens is 1. The molecule has 0 bridgehead atoms. The molecule has 0 spiro atoms. The van der Waals surface area contributed by atoms with Gasteiger partial charge in [0.1, 0.15) is 15.5 Å². The number of carbonyl (C=O) groups is 2. The van der Waals surface area contributed by atoms with E-state index in [1.54, 1.807) is 6.07 Å². The second-order valence-electron chi connectivity index (χ2n) is 5.41. The van der Waals surface area contributed by atoms with E-state index in [-0.39, 0.29) is 0 Å². The predicted octanol–water partition coefficient (Wildman–Crippen LogP) is 2.95. The molecule has 0 saturated heterocycles. The maximum Gasteiger partial charge on any atom is 0.349 e. The summed E-state index contributed by atoms with van der Waals surface area (Å²) >= 11 is 2.63. The molecule has 0 aliphatic rings. The van der Waals surface area contributed by atoms with Gasteiger partial charge in [0.2, 0.25) is 6.10 Å². The maximum atomic E-state index is 13.0. The van der Waals surface area contributed by atoms with E-state index >= 15 is 0 Å². The number of aromatic nitrogens is 1. The van der Waals surface area contributed by atoms with Gasteiger partial charge < -0.3 is 15.4 Å². The first-order chi connectivity index (χ1) is 11.8. The largest absolute Gasteiger partial charge is 0.443 e. The zero-order valence-corrected chi connectivity index (χ0v) is 15.0. The van der Waals surface area contributed by atoms with Crippen LogP contribution in [-0.2, 0) is 9.53 Å². The second-order valence-corrected chi connectivity index (χ2v) is 7.45. The van der Waals surface area contributed by atoms with Crippen LogP contribution in [0.1, 0.15) is 21.3 Å². The molecule has 1 atom stereocenters. The van der Waals surface area contributed by atoms with Crippen LogP contribution >= 0.6 is 22.7 Å². The Labute approximate surface area is 150 Å². The Kier molecular flexibility index (Phi) is 4.69. The van der Waals surface area contributed by atoms with Crippen molar-refractivity contribution in [2.45, 2.75) is 6.10 Å². The molecule has 0 aliphatic heterocycles. The standard InChI is InChI=1S/C16H14FN3O3S2/c1-20(2)16-19-14-10(25-16)7-11(24-14)15(22)23-12(13(18)21)8-3-5-9(17)6-4-8/h3-7,12H,1-2H3,(H2,18,21). The first-order valence-corrected chi connectivity index (χ1v) is 8.82. The van der Waals surface area contributed by atoms with Crippen molar-refractivity contribution in [2.24, 2.45) is 5.73 Å².